The van der Waals surface area contributed by atoms with Crippen molar-refractivity contribution in [2.24, 2.45) is 0 Å². The van der Waals surface area contributed by atoms with Gasteiger partial charge in [0.25, 0.3) is 5.95 Å². The molecule has 3 heterocycles. The van der Waals surface area contributed by atoms with E-state index in [0.717, 1.165) is 22.6 Å². The number of benzene rings is 1. The average Bonchev–Trinajstić information content (AvgIpc) is 2.93. The second kappa shape index (κ2) is 7.85. The quantitative estimate of drug-likeness (QED) is 0.670. The fourth-order valence-corrected chi connectivity index (χ4v) is 4.37. The number of thioether (sulfide) groups is 1. The van der Waals surface area contributed by atoms with Crippen molar-refractivity contribution in [2.45, 2.75) is 12.2 Å². The number of para-hydroxylation sites is 1. The molecule has 1 aliphatic heterocycles. The number of amides is 1. The SMILES string of the molecule is C=CCOc1ccccc1[C@@H]1SCC(=O)Nc2c1c(C)nn2-c1ncccn1. The van der Waals surface area contributed by atoms with Crippen LogP contribution in [0.4, 0.5) is 5.82 Å². The number of hydrogen-bond acceptors (Lipinski definition) is 6. The van der Waals surface area contributed by atoms with E-state index in [0.29, 0.717) is 24.1 Å². The van der Waals surface area contributed by atoms with E-state index < -0.39 is 0 Å². The van der Waals surface area contributed by atoms with E-state index in [-0.39, 0.29) is 11.2 Å². The first kappa shape index (κ1) is 18.2. The van der Waals surface area contributed by atoms with Crippen molar-refractivity contribution in [1.29, 1.82) is 0 Å². The Morgan fingerprint density at radius 3 is 2.89 bits per heavy atom. The average molecular weight is 393 g/mol. The number of nitrogens with zero attached hydrogens (tertiary/aromatic N) is 4. The molecule has 0 radical (unpaired) electrons. The van der Waals surface area contributed by atoms with Gasteiger partial charge in [-0.25, -0.2) is 9.97 Å². The van der Waals surface area contributed by atoms with Gasteiger partial charge in [-0.15, -0.1) is 11.8 Å². The number of carbonyl (C=O) groups is 1. The van der Waals surface area contributed by atoms with Gasteiger partial charge < -0.3 is 10.1 Å². The lowest BCUT2D eigenvalue weighted by Gasteiger charge is -2.19. The molecule has 8 heteroatoms. The summed E-state index contributed by atoms with van der Waals surface area (Å²) in [5.74, 6) is 2.01. The van der Waals surface area contributed by atoms with Gasteiger partial charge in [-0.2, -0.15) is 9.78 Å². The van der Waals surface area contributed by atoms with Crippen LogP contribution in [0, 0.1) is 6.92 Å². The lowest BCUT2D eigenvalue weighted by molar-refractivity contribution is -0.113. The van der Waals surface area contributed by atoms with E-state index in [2.05, 4.69) is 27.0 Å². The third-order valence-corrected chi connectivity index (χ3v) is 5.56. The van der Waals surface area contributed by atoms with E-state index in [1.807, 2.05) is 31.2 Å². The molecule has 142 valence electrons. The highest BCUT2D eigenvalue weighted by molar-refractivity contribution is 8.00. The monoisotopic (exact) mass is 393 g/mol. The van der Waals surface area contributed by atoms with Gasteiger partial charge >= 0.3 is 0 Å². The van der Waals surface area contributed by atoms with Gasteiger partial charge in [0.2, 0.25) is 5.91 Å². The molecule has 0 saturated carbocycles. The lowest BCUT2D eigenvalue weighted by Crippen LogP contribution is -2.16. The van der Waals surface area contributed by atoms with Crippen LogP contribution in [-0.2, 0) is 4.79 Å². The van der Waals surface area contributed by atoms with E-state index >= 15 is 0 Å². The molecule has 0 aliphatic carbocycles. The first-order chi connectivity index (χ1) is 13.7. The topological polar surface area (TPSA) is 81.9 Å². The highest BCUT2D eigenvalue weighted by atomic mass is 32.2. The first-order valence-electron chi connectivity index (χ1n) is 8.80. The van der Waals surface area contributed by atoms with Crippen molar-refractivity contribution in [1.82, 2.24) is 19.7 Å². The molecule has 28 heavy (non-hydrogen) atoms. The van der Waals surface area contributed by atoms with Crippen LogP contribution >= 0.6 is 11.8 Å². The van der Waals surface area contributed by atoms with E-state index in [1.165, 1.54) is 0 Å². The zero-order valence-electron chi connectivity index (χ0n) is 15.3. The maximum atomic E-state index is 12.4. The van der Waals surface area contributed by atoms with Gasteiger partial charge in [0.15, 0.2) is 0 Å². The van der Waals surface area contributed by atoms with Crippen LogP contribution in [0.25, 0.3) is 5.95 Å². The van der Waals surface area contributed by atoms with Gasteiger partial charge in [0, 0.05) is 23.5 Å². The fraction of sp³-hybridized carbons (Fsp3) is 0.200. The molecule has 7 nitrogen and oxygen atoms in total. The Labute approximate surface area is 166 Å². The smallest absolute Gasteiger partial charge is 0.252 e. The summed E-state index contributed by atoms with van der Waals surface area (Å²) < 4.78 is 7.46. The zero-order chi connectivity index (χ0) is 19.5. The third kappa shape index (κ3) is 3.38. The summed E-state index contributed by atoms with van der Waals surface area (Å²) in [7, 11) is 0. The third-order valence-electron chi connectivity index (χ3n) is 4.31. The lowest BCUT2D eigenvalue weighted by atomic mass is 10.0. The number of aryl methyl sites for hydroxylation is 1. The Morgan fingerprint density at radius 2 is 2.11 bits per heavy atom. The predicted molar refractivity (Wildman–Crippen MR) is 109 cm³/mol. The second-order valence-corrected chi connectivity index (χ2v) is 7.28. The van der Waals surface area contributed by atoms with Crippen molar-refractivity contribution < 1.29 is 9.53 Å². The van der Waals surface area contributed by atoms with Gasteiger partial charge in [-0.05, 0) is 19.1 Å². The minimum atomic E-state index is -0.118. The summed E-state index contributed by atoms with van der Waals surface area (Å²) in [6, 6.07) is 9.59. The van der Waals surface area contributed by atoms with Gasteiger partial charge in [0.05, 0.1) is 16.7 Å². The van der Waals surface area contributed by atoms with Crippen molar-refractivity contribution >= 4 is 23.5 Å². The summed E-state index contributed by atoms with van der Waals surface area (Å²) in [6.07, 6.45) is 5.01. The maximum absolute atomic E-state index is 12.4. The normalized spacial score (nSPS) is 16.0. The minimum Gasteiger partial charge on any atom is -0.489 e. The van der Waals surface area contributed by atoms with Crippen molar-refractivity contribution in [3.63, 3.8) is 0 Å². The highest BCUT2D eigenvalue weighted by Crippen LogP contribution is 2.46. The number of aromatic nitrogens is 4. The molecule has 4 rings (SSSR count). The van der Waals surface area contributed by atoms with Crippen molar-refractivity contribution in [3.8, 4) is 11.7 Å². The Morgan fingerprint density at radius 1 is 1.32 bits per heavy atom. The molecule has 1 N–H and O–H groups in total. The minimum absolute atomic E-state index is 0.0877. The molecule has 0 spiro atoms. The van der Waals surface area contributed by atoms with Crippen LogP contribution in [0.3, 0.4) is 0 Å². The standard InChI is InChI=1S/C20H19N5O2S/c1-3-11-27-15-8-5-4-7-14(15)18-17-13(2)24-25(20-21-9-6-10-22-20)19(17)23-16(26)12-28-18/h3-10,18H,1,11-12H2,2H3,(H,23,26)/t18-/m0/s1. The van der Waals surface area contributed by atoms with Gasteiger partial charge in [0.1, 0.15) is 18.2 Å². The van der Waals surface area contributed by atoms with Gasteiger partial charge in [-0.3, -0.25) is 4.79 Å². The number of rotatable bonds is 5. The van der Waals surface area contributed by atoms with Crippen LogP contribution in [-0.4, -0.2) is 38.0 Å². The molecule has 1 aliphatic rings. The molecule has 0 fully saturated rings. The highest BCUT2D eigenvalue weighted by Gasteiger charge is 2.32. The molecule has 0 unspecified atom stereocenters. The van der Waals surface area contributed by atoms with E-state index in [4.69, 9.17) is 4.74 Å². The van der Waals surface area contributed by atoms with E-state index in [9.17, 15) is 4.79 Å². The van der Waals surface area contributed by atoms with Crippen LogP contribution in [0.1, 0.15) is 22.1 Å². The first-order valence-corrected chi connectivity index (χ1v) is 9.85. The van der Waals surface area contributed by atoms with Crippen LogP contribution in [0.5, 0.6) is 5.75 Å². The molecular weight excluding hydrogens is 374 g/mol. The molecule has 2 aromatic heterocycles. The van der Waals surface area contributed by atoms with E-state index in [1.54, 1.807) is 41.0 Å². The zero-order valence-corrected chi connectivity index (χ0v) is 16.1. The Bertz CT molecular complexity index is 1020. The summed E-state index contributed by atoms with van der Waals surface area (Å²) in [6.45, 7) is 6.06. The molecule has 1 aromatic carbocycles. The fourth-order valence-electron chi connectivity index (χ4n) is 3.15. The molecule has 0 bridgehead atoms. The molecule has 1 amide bonds. The Kier molecular flexibility index (Phi) is 5.12. The molecule has 0 saturated heterocycles. The largest absolute Gasteiger partial charge is 0.489 e. The van der Waals surface area contributed by atoms with Crippen molar-refractivity contribution in [3.05, 3.63) is 72.2 Å². The second-order valence-electron chi connectivity index (χ2n) is 6.19. The number of fused-ring (bicyclic) bond motifs is 1. The Hall–Kier alpha value is -3.13. The summed E-state index contributed by atoms with van der Waals surface area (Å²) >= 11 is 1.55. The number of carbonyl (C=O) groups excluding carboxylic acids is 1. The predicted octanol–water partition coefficient (Wildman–Crippen LogP) is 3.31. The van der Waals surface area contributed by atoms with Crippen LogP contribution in [0.15, 0.2) is 55.4 Å². The number of anilines is 1. The molecule has 3 aromatic rings. The maximum Gasteiger partial charge on any atom is 0.252 e. The summed E-state index contributed by atoms with van der Waals surface area (Å²) in [4.78, 5) is 21.0. The number of nitrogens with one attached hydrogen (secondary N) is 1. The summed E-state index contributed by atoms with van der Waals surface area (Å²) in [5, 5.41) is 7.47. The molecule has 1 atom stereocenters. The summed E-state index contributed by atoms with van der Waals surface area (Å²) in [5.41, 5.74) is 2.72. The van der Waals surface area contributed by atoms with Gasteiger partial charge in [-0.1, -0.05) is 30.9 Å². The number of hydrogen-bond donors (Lipinski definition) is 1. The Balaban J connectivity index is 1.86. The van der Waals surface area contributed by atoms with Crippen molar-refractivity contribution in [2.75, 3.05) is 17.7 Å². The van der Waals surface area contributed by atoms with Crippen LogP contribution < -0.4 is 10.1 Å². The number of ether oxygens (including phenoxy) is 1. The molecular formula is C20H19N5O2S. The van der Waals surface area contributed by atoms with Crippen LogP contribution in [0.2, 0.25) is 0 Å².